The minimum atomic E-state index is -1.42. The third-order valence-electron chi connectivity index (χ3n) is 8.45. The molecule has 0 bridgehead atoms. The first-order valence-corrected chi connectivity index (χ1v) is 13.2. The third kappa shape index (κ3) is 3.02. The van der Waals surface area contributed by atoms with Crippen molar-refractivity contribution >= 4 is 22.9 Å². The molecule has 7 rings (SSSR count). The number of phenols is 2. The van der Waals surface area contributed by atoms with Crippen molar-refractivity contribution in [2.45, 2.75) is 26.2 Å². The average molecular weight is 564 g/mol. The van der Waals surface area contributed by atoms with Gasteiger partial charge in [-0.25, -0.2) is 14.5 Å². The van der Waals surface area contributed by atoms with Crippen molar-refractivity contribution in [1.82, 2.24) is 23.9 Å². The maximum absolute atomic E-state index is 14.3. The summed E-state index contributed by atoms with van der Waals surface area (Å²) in [4.78, 5) is 44.3. The van der Waals surface area contributed by atoms with Crippen LogP contribution in [0.2, 0.25) is 0 Å². The van der Waals surface area contributed by atoms with Crippen LogP contribution in [0.1, 0.15) is 39.8 Å². The van der Waals surface area contributed by atoms with Gasteiger partial charge in [-0.2, -0.15) is 5.10 Å². The van der Waals surface area contributed by atoms with E-state index in [1.54, 1.807) is 24.6 Å². The van der Waals surface area contributed by atoms with Crippen LogP contribution in [0.3, 0.4) is 0 Å². The number of carbonyl (C=O) groups excluding carboxylic acids is 1. The number of ketones is 1. The Morgan fingerprint density at radius 3 is 2.33 bits per heavy atom. The second-order valence-electron chi connectivity index (χ2n) is 10.8. The molecule has 1 aliphatic heterocycles. The highest BCUT2D eigenvalue weighted by atomic mass is 16.5. The SMILES string of the molecule is Cc1nn(-c2ccccc2)c2c1C(=O)C1(C)C(=C2)Oc2c(-c3ccc4c(=O)n(C)c(=O)n(C)c4n3)c(O)c(C)c(O)c21. The molecule has 5 aromatic rings. The van der Waals surface area contributed by atoms with E-state index in [0.29, 0.717) is 17.0 Å². The van der Waals surface area contributed by atoms with Gasteiger partial charge in [0, 0.05) is 25.7 Å². The molecular weight excluding hydrogens is 538 g/mol. The van der Waals surface area contributed by atoms with Gasteiger partial charge in [-0.3, -0.25) is 18.7 Å². The topological polar surface area (TPSA) is 141 Å². The predicted molar refractivity (Wildman–Crippen MR) is 154 cm³/mol. The number of aromatic hydroxyl groups is 2. The standard InChI is InChI=1S/C31H25N5O6/c1-14-24(37)22(18-12-11-17-28(32-18)34(4)30(41)35(5)29(17)40)26-23(25(14)38)31(3)20(42-26)13-19-21(27(31)39)15(2)33-36(19)16-9-7-6-8-10-16/h6-13,37-38H,1-5H3. The first kappa shape index (κ1) is 25.5. The quantitative estimate of drug-likeness (QED) is 0.333. The molecule has 2 N–H and O–H groups in total. The number of fused-ring (bicyclic) bond motifs is 5. The van der Waals surface area contributed by atoms with Crippen LogP contribution >= 0.6 is 0 Å². The van der Waals surface area contributed by atoms with Crippen molar-refractivity contribution in [2.75, 3.05) is 0 Å². The van der Waals surface area contributed by atoms with E-state index in [4.69, 9.17) is 4.74 Å². The zero-order valence-corrected chi connectivity index (χ0v) is 23.4. The molecule has 11 nitrogen and oxygen atoms in total. The molecular formula is C31H25N5O6. The molecule has 2 aromatic carbocycles. The smallest absolute Gasteiger partial charge is 0.332 e. The number of allylic oxidation sites excluding steroid dienone is 1. The molecule has 1 unspecified atom stereocenters. The van der Waals surface area contributed by atoms with Crippen LogP contribution in [0.4, 0.5) is 0 Å². The number of rotatable bonds is 2. The Kier molecular flexibility index (Phi) is 5.04. The van der Waals surface area contributed by atoms with Gasteiger partial charge < -0.3 is 14.9 Å². The van der Waals surface area contributed by atoms with Crippen LogP contribution in [-0.2, 0) is 19.5 Å². The first-order chi connectivity index (χ1) is 20.0. The molecule has 0 saturated heterocycles. The number of hydrogen-bond donors (Lipinski definition) is 2. The van der Waals surface area contributed by atoms with Gasteiger partial charge in [0.25, 0.3) is 5.56 Å². The van der Waals surface area contributed by atoms with Crippen molar-refractivity contribution in [3.05, 3.63) is 97.1 Å². The second-order valence-corrected chi connectivity index (χ2v) is 10.8. The fourth-order valence-corrected chi connectivity index (χ4v) is 6.06. The van der Waals surface area contributed by atoms with E-state index >= 15 is 0 Å². The van der Waals surface area contributed by atoms with Crippen LogP contribution < -0.4 is 16.0 Å². The largest absolute Gasteiger partial charge is 0.507 e. The molecule has 0 spiro atoms. The molecule has 210 valence electrons. The number of hydrogen-bond acceptors (Lipinski definition) is 8. The Hall–Kier alpha value is -5.45. The molecule has 0 amide bonds. The number of phenolic OH excluding ortho intramolecular Hbond substituents is 2. The van der Waals surface area contributed by atoms with Crippen molar-refractivity contribution in [1.29, 1.82) is 0 Å². The Labute approximate surface area is 238 Å². The van der Waals surface area contributed by atoms with Crippen LogP contribution in [-0.4, -0.2) is 39.9 Å². The predicted octanol–water partition coefficient (Wildman–Crippen LogP) is 3.40. The van der Waals surface area contributed by atoms with Crippen molar-refractivity contribution in [3.8, 4) is 34.2 Å². The average Bonchev–Trinajstić information content (AvgIpc) is 3.48. The number of Topliss-reactive ketones (excluding diaryl/α,β-unsaturated/α-hetero) is 1. The highest BCUT2D eigenvalue weighted by Crippen LogP contribution is 2.60. The van der Waals surface area contributed by atoms with Gasteiger partial charge >= 0.3 is 5.69 Å². The van der Waals surface area contributed by atoms with Gasteiger partial charge in [0.1, 0.15) is 34.1 Å². The summed E-state index contributed by atoms with van der Waals surface area (Å²) < 4.78 is 10.3. The molecule has 4 heterocycles. The van der Waals surface area contributed by atoms with E-state index in [1.165, 1.54) is 37.7 Å². The van der Waals surface area contributed by atoms with E-state index in [0.717, 1.165) is 10.3 Å². The third-order valence-corrected chi connectivity index (χ3v) is 8.45. The van der Waals surface area contributed by atoms with Gasteiger partial charge in [0.05, 0.1) is 44.8 Å². The monoisotopic (exact) mass is 563 g/mol. The Morgan fingerprint density at radius 2 is 1.62 bits per heavy atom. The summed E-state index contributed by atoms with van der Waals surface area (Å²) in [6.07, 6.45) is 1.74. The van der Waals surface area contributed by atoms with Crippen LogP contribution in [0.5, 0.6) is 17.2 Å². The van der Waals surface area contributed by atoms with Crippen LogP contribution in [0.25, 0.3) is 34.1 Å². The fraction of sp³-hybridized carbons (Fsp3) is 0.194. The second kappa shape index (κ2) is 8.29. The fourth-order valence-electron chi connectivity index (χ4n) is 6.06. The molecule has 3 aromatic heterocycles. The number of aryl methyl sites for hydroxylation is 2. The molecule has 11 heteroatoms. The van der Waals surface area contributed by atoms with Crippen LogP contribution in [0, 0.1) is 13.8 Å². The zero-order chi connectivity index (χ0) is 29.8. The molecule has 1 aliphatic carbocycles. The highest BCUT2D eigenvalue weighted by Gasteiger charge is 2.55. The lowest BCUT2D eigenvalue weighted by molar-refractivity contribution is 0.0905. The maximum Gasteiger partial charge on any atom is 0.332 e. The molecule has 1 atom stereocenters. The van der Waals surface area contributed by atoms with Gasteiger partial charge in [0.15, 0.2) is 5.78 Å². The van der Waals surface area contributed by atoms with Gasteiger partial charge in [0.2, 0.25) is 0 Å². The minimum absolute atomic E-state index is 0.0698. The number of benzene rings is 2. The minimum Gasteiger partial charge on any atom is -0.507 e. The number of para-hydroxylation sites is 1. The van der Waals surface area contributed by atoms with Gasteiger partial charge in [-0.1, -0.05) is 18.2 Å². The number of aromatic nitrogens is 5. The molecule has 42 heavy (non-hydrogen) atoms. The summed E-state index contributed by atoms with van der Waals surface area (Å²) in [5.41, 5.74) is 0.519. The number of ether oxygens (including phenoxy) is 1. The summed E-state index contributed by atoms with van der Waals surface area (Å²) in [6.45, 7) is 4.97. The van der Waals surface area contributed by atoms with E-state index in [9.17, 15) is 24.6 Å². The van der Waals surface area contributed by atoms with Gasteiger partial charge in [-0.15, -0.1) is 0 Å². The van der Waals surface area contributed by atoms with Gasteiger partial charge in [-0.05, 0) is 45.0 Å². The number of carbonyl (C=O) groups is 1. The lowest BCUT2D eigenvalue weighted by Gasteiger charge is -2.27. The van der Waals surface area contributed by atoms with E-state index in [2.05, 4.69) is 10.1 Å². The summed E-state index contributed by atoms with van der Waals surface area (Å²) in [6, 6.07) is 12.5. The first-order valence-electron chi connectivity index (χ1n) is 13.2. The molecule has 0 radical (unpaired) electrons. The van der Waals surface area contributed by atoms with E-state index in [1.807, 2.05) is 30.3 Å². The number of nitrogens with zero attached hydrogens (tertiary/aromatic N) is 5. The Morgan fingerprint density at radius 1 is 0.905 bits per heavy atom. The van der Waals surface area contributed by atoms with Crippen molar-refractivity contribution < 1.29 is 19.7 Å². The lowest BCUT2D eigenvalue weighted by atomic mass is 9.71. The van der Waals surface area contributed by atoms with E-state index < -0.39 is 16.7 Å². The number of pyridine rings is 1. The molecule has 2 aliphatic rings. The van der Waals surface area contributed by atoms with Crippen molar-refractivity contribution in [2.24, 2.45) is 14.1 Å². The highest BCUT2D eigenvalue weighted by molar-refractivity contribution is 6.14. The Bertz CT molecular complexity index is 2210. The maximum atomic E-state index is 14.3. The van der Waals surface area contributed by atoms with Crippen molar-refractivity contribution in [3.63, 3.8) is 0 Å². The summed E-state index contributed by atoms with van der Waals surface area (Å²) in [7, 11) is 2.89. The molecule has 0 saturated carbocycles. The normalized spacial score (nSPS) is 17.1. The van der Waals surface area contributed by atoms with E-state index in [-0.39, 0.29) is 62.2 Å². The zero-order valence-electron chi connectivity index (χ0n) is 23.4. The van der Waals surface area contributed by atoms with Crippen LogP contribution in [0.15, 0.2) is 57.8 Å². The molecule has 0 fully saturated rings. The summed E-state index contributed by atoms with van der Waals surface area (Å²) in [5.74, 6) is -0.552. The summed E-state index contributed by atoms with van der Waals surface area (Å²) >= 11 is 0. The summed E-state index contributed by atoms with van der Waals surface area (Å²) in [5, 5.41) is 27.5. The Balaban J connectivity index is 1.50. The lowest BCUT2D eigenvalue weighted by Crippen LogP contribution is -2.37.